The van der Waals surface area contributed by atoms with Gasteiger partial charge in [0.15, 0.2) is 6.54 Å². The van der Waals surface area contributed by atoms with Gasteiger partial charge in [0.1, 0.15) is 6.54 Å². The van der Waals surface area contributed by atoms with Gasteiger partial charge < -0.3 is 10.2 Å². The van der Waals surface area contributed by atoms with Crippen LogP contribution < -0.4 is 15.5 Å². The molecule has 1 aromatic carbocycles. The number of likely N-dealkylation sites (N-methyl/N-ethyl adjacent to an activating group) is 1. The molecule has 1 unspecified atom stereocenters. The van der Waals surface area contributed by atoms with E-state index in [1.54, 1.807) is 0 Å². The highest BCUT2D eigenvalue weighted by molar-refractivity contribution is 5.94. The van der Waals surface area contributed by atoms with Crippen molar-refractivity contribution in [2.75, 3.05) is 20.6 Å². The van der Waals surface area contributed by atoms with Gasteiger partial charge in [-0.1, -0.05) is 23.8 Å². The number of quaternary nitrogens is 1. The lowest BCUT2D eigenvalue weighted by molar-refractivity contribution is -0.885. The van der Waals surface area contributed by atoms with Crippen molar-refractivity contribution in [3.8, 4) is 0 Å². The summed E-state index contributed by atoms with van der Waals surface area (Å²) in [5.74, 6) is -0.276. The van der Waals surface area contributed by atoms with Gasteiger partial charge in [-0.05, 0) is 19.4 Å². The van der Waals surface area contributed by atoms with Crippen LogP contribution >= 0.6 is 0 Å². The normalized spacial score (nSPS) is 11.8. The topological polar surface area (TPSA) is 62.6 Å². The van der Waals surface area contributed by atoms with Crippen LogP contribution in [0.3, 0.4) is 0 Å². The Bertz CT molecular complexity index is 472. The Labute approximate surface area is 114 Å². The predicted molar refractivity (Wildman–Crippen MR) is 74.0 cm³/mol. The fourth-order valence-corrected chi connectivity index (χ4v) is 1.94. The number of amides is 3. The number of hydrogen-bond donors (Lipinski definition) is 3. The molecule has 0 aliphatic heterocycles. The molecule has 1 rings (SSSR count). The lowest BCUT2D eigenvalue weighted by Gasteiger charge is -2.15. The molecule has 3 N–H and O–H groups in total. The second-order valence-electron chi connectivity index (χ2n) is 4.87. The summed E-state index contributed by atoms with van der Waals surface area (Å²) in [6, 6.07) is 5.82. The van der Waals surface area contributed by atoms with Gasteiger partial charge >= 0.3 is 6.03 Å². The van der Waals surface area contributed by atoms with E-state index in [4.69, 9.17) is 0 Å². The van der Waals surface area contributed by atoms with Crippen LogP contribution in [0, 0.1) is 13.8 Å². The third kappa shape index (κ3) is 5.09. The second kappa shape index (κ2) is 6.89. The Morgan fingerprint density at radius 1 is 1.26 bits per heavy atom. The number of aryl methyl sites for hydroxylation is 2. The molecule has 0 saturated heterocycles. The maximum Gasteiger partial charge on any atom is 0.321 e. The summed E-state index contributed by atoms with van der Waals surface area (Å²) in [4.78, 5) is 23.6. The van der Waals surface area contributed by atoms with E-state index in [9.17, 15) is 9.59 Å². The largest absolute Gasteiger partial charge is 0.341 e. The Hall–Kier alpha value is -1.88. The minimum atomic E-state index is -0.468. The summed E-state index contributed by atoms with van der Waals surface area (Å²) < 4.78 is 0. The summed E-state index contributed by atoms with van der Waals surface area (Å²) in [6.45, 7) is 5.15. The third-order valence-corrected chi connectivity index (χ3v) is 2.93. The van der Waals surface area contributed by atoms with E-state index < -0.39 is 6.03 Å². The van der Waals surface area contributed by atoms with Gasteiger partial charge in [-0.15, -0.1) is 0 Å². The Morgan fingerprint density at radius 3 is 2.53 bits per heavy atom. The van der Waals surface area contributed by atoms with Crippen LogP contribution in [-0.4, -0.2) is 32.6 Å². The van der Waals surface area contributed by atoms with Crippen LogP contribution in [0.25, 0.3) is 0 Å². The van der Waals surface area contributed by atoms with E-state index in [1.807, 2.05) is 7.05 Å². The molecule has 0 fully saturated rings. The number of carbonyl (C=O) groups is 2. The number of hydrogen-bond acceptors (Lipinski definition) is 2. The molecule has 0 spiro atoms. The number of rotatable bonds is 4. The van der Waals surface area contributed by atoms with Crippen LogP contribution in [0.2, 0.25) is 0 Å². The Morgan fingerprint density at radius 2 is 1.95 bits per heavy atom. The van der Waals surface area contributed by atoms with Crippen LogP contribution in [-0.2, 0) is 11.3 Å². The van der Waals surface area contributed by atoms with Gasteiger partial charge in [-0.2, -0.15) is 0 Å². The molecule has 5 heteroatoms. The van der Waals surface area contributed by atoms with Gasteiger partial charge in [0.05, 0.1) is 7.05 Å². The zero-order valence-corrected chi connectivity index (χ0v) is 12.0. The zero-order valence-electron chi connectivity index (χ0n) is 12.0. The molecule has 19 heavy (non-hydrogen) atoms. The molecule has 0 aliphatic carbocycles. The summed E-state index contributed by atoms with van der Waals surface area (Å²) in [5.41, 5.74) is 3.68. The van der Waals surface area contributed by atoms with Crippen molar-refractivity contribution in [1.82, 2.24) is 10.6 Å². The van der Waals surface area contributed by atoms with Gasteiger partial charge in [0, 0.05) is 12.6 Å². The minimum absolute atomic E-state index is 0.265. The van der Waals surface area contributed by atoms with E-state index >= 15 is 0 Å². The van der Waals surface area contributed by atoms with Crippen molar-refractivity contribution in [2.24, 2.45) is 0 Å². The maximum atomic E-state index is 11.6. The third-order valence-electron chi connectivity index (χ3n) is 2.93. The molecular formula is C14H22N3O2+. The summed E-state index contributed by atoms with van der Waals surface area (Å²) in [6.07, 6.45) is 0. The van der Waals surface area contributed by atoms with Crippen molar-refractivity contribution in [3.05, 3.63) is 34.9 Å². The molecule has 1 atom stereocenters. The zero-order chi connectivity index (χ0) is 14.4. The lowest BCUT2D eigenvalue weighted by atomic mass is 10.1. The second-order valence-corrected chi connectivity index (χ2v) is 4.87. The van der Waals surface area contributed by atoms with Gasteiger partial charge in [-0.25, -0.2) is 4.79 Å². The predicted octanol–water partition coefficient (Wildman–Crippen LogP) is -0.226. The van der Waals surface area contributed by atoms with Gasteiger partial charge in [-0.3, -0.25) is 10.1 Å². The smallest absolute Gasteiger partial charge is 0.321 e. The molecule has 0 radical (unpaired) electrons. The number of imide groups is 1. The highest BCUT2D eigenvalue weighted by Gasteiger charge is 2.13. The monoisotopic (exact) mass is 264 g/mol. The first-order valence-electron chi connectivity index (χ1n) is 6.31. The van der Waals surface area contributed by atoms with Crippen molar-refractivity contribution in [3.63, 3.8) is 0 Å². The molecule has 0 aliphatic rings. The highest BCUT2D eigenvalue weighted by Crippen LogP contribution is 2.08. The van der Waals surface area contributed by atoms with Gasteiger partial charge in [0.25, 0.3) is 5.91 Å². The molecule has 0 bridgehead atoms. The van der Waals surface area contributed by atoms with Crippen LogP contribution in [0.1, 0.15) is 16.7 Å². The standard InChI is InChI=1S/C14H21N3O2/c1-10-5-6-12(11(2)7-10)8-17(4)9-13(18)16-14(19)15-3/h5-7H,8-9H2,1-4H3,(H2,15,16,18,19)/p+1. The van der Waals surface area contributed by atoms with Crippen molar-refractivity contribution in [2.45, 2.75) is 20.4 Å². The molecule has 5 nitrogen and oxygen atoms in total. The Kier molecular flexibility index (Phi) is 5.51. The van der Waals surface area contributed by atoms with Crippen LogP contribution in [0.5, 0.6) is 0 Å². The number of carbonyl (C=O) groups excluding carboxylic acids is 2. The SMILES string of the molecule is CNC(=O)NC(=O)C[NH+](C)Cc1ccc(C)cc1C. The first-order chi connectivity index (χ1) is 8.92. The fourth-order valence-electron chi connectivity index (χ4n) is 1.94. The molecule has 1 aromatic rings. The van der Waals surface area contributed by atoms with E-state index in [0.29, 0.717) is 0 Å². The van der Waals surface area contributed by atoms with E-state index in [2.05, 4.69) is 42.7 Å². The Balaban J connectivity index is 2.53. The van der Waals surface area contributed by atoms with E-state index in [1.165, 1.54) is 23.7 Å². The first-order valence-corrected chi connectivity index (χ1v) is 6.31. The average molecular weight is 264 g/mol. The van der Waals surface area contributed by atoms with E-state index in [0.717, 1.165) is 11.4 Å². The van der Waals surface area contributed by atoms with Crippen LogP contribution in [0.4, 0.5) is 4.79 Å². The molecule has 0 saturated carbocycles. The minimum Gasteiger partial charge on any atom is -0.341 e. The summed E-state index contributed by atoms with van der Waals surface area (Å²) in [5, 5.41) is 4.61. The lowest BCUT2D eigenvalue weighted by Crippen LogP contribution is -3.09. The van der Waals surface area contributed by atoms with Crippen molar-refractivity contribution < 1.29 is 14.5 Å². The fraction of sp³-hybridized carbons (Fsp3) is 0.429. The summed E-state index contributed by atoms with van der Waals surface area (Å²) >= 11 is 0. The number of urea groups is 1. The van der Waals surface area contributed by atoms with Gasteiger partial charge in [0.2, 0.25) is 0 Å². The molecule has 3 amide bonds. The van der Waals surface area contributed by atoms with Crippen molar-refractivity contribution >= 4 is 11.9 Å². The van der Waals surface area contributed by atoms with Crippen LogP contribution in [0.15, 0.2) is 18.2 Å². The molecule has 0 heterocycles. The molecular weight excluding hydrogens is 242 g/mol. The van der Waals surface area contributed by atoms with E-state index in [-0.39, 0.29) is 12.5 Å². The molecule has 0 aromatic heterocycles. The van der Waals surface area contributed by atoms with Crippen molar-refractivity contribution in [1.29, 1.82) is 0 Å². The highest BCUT2D eigenvalue weighted by atomic mass is 16.2. The first kappa shape index (κ1) is 15.2. The summed E-state index contributed by atoms with van der Waals surface area (Å²) in [7, 11) is 3.41. The number of benzene rings is 1. The maximum absolute atomic E-state index is 11.6. The molecule has 104 valence electrons. The quantitative estimate of drug-likeness (QED) is 0.704. The average Bonchev–Trinajstić information content (AvgIpc) is 2.32. The number of nitrogens with one attached hydrogen (secondary N) is 3.